The third kappa shape index (κ3) is 5.59. The molecule has 0 spiro atoms. The summed E-state index contributed by atoms with van der Waals surface area (Å²) in [6.45, 7) is 6.15. The zero-order valence-electron chi connectivity index (χ0n) is 10.7. The van der Waals surface area contributed by atoms with Crippen LogP contribution in [0.3, 0.4) is 0 Å². The Morgan fingerprint density at radius 3 is 2.76 bits per heavy atom. The van der Waals surface area contributed by atoms with Gasteiger partial charge in [0, 0.05) is 12.6 Å². The Morgan fingerprint density at radius 2 is 2.24 bits per heavy atom. The number of hydrogen-bond donors (Lipinski definition) is 0. The molecule has 0 unspecified atom stereocenters. The molecule has 1 aliphatic heterocycles. The lowest BCUT2D eigenvalue weighted by atomic mass is 10.1. The zero-order chi connectivity index (χ0) is 12.7. The zero-order valence-corrected chi connectivity index (χ0v) is 10.7. The Morgan fingerprint density at radius 1 is 1.47 bits per heavy atom. The highest BCUT2D eigenvalue weighted by molar-refractivity contribution is 4.78. The van der Waals surface area contributed by atoms with Gasteiger partial charge in [-0.05, 0) is 45.8 Å². The second kappa shape index (κ2) is 7.77. The second-order valence-electron chi connectivity index (χ2n) is 4.83. The monoisotopic (exact) mass is 246 g/mol. The van der Waals surface area contributed by atoms with E-state index in [1.807, 2.05) is 4.90 Å². The minimum atomic E-state index is -2.24. The standard InChI is InChI=1S/C13H24F2N2/c1-3-4-9-17(11-13(14)15)10-7-12-6-5-8-16(12)2/h3,12-13H,1,4-11H2,2H3/t12-/m1/s1. The molecule has 0 aromatic carbocycles. The summed E-state index contributed by atoms with van der Waals surface area (Å²) in [5.74, 6) is 0. The number of nitrogens with zero attached hydrogens (tertiary/aromatic N) is 2. The number of rotatable bonds is 8. The van der Waals surface area contributed by atoms with Crippen molar-refractivity contribution in [3.63, 3.8) is 0 Å². The Kier molecular flexibility index (Phi) is 6.66. The summed E-state index contributed by atoms with van der Waals surface area (Å²) in [6, 6.07) is 0.582. The molecule has 4 heteroatoms. The van der Waals surface area contributed by atoms with Crippen LogP contribution in [0.1, 0.15) is 25.7 Å². The first-order valence-electron chi connectivity index (χ1n) is 6.45. The molecule has 1 aliphatic rings. The molecule has 0 bridgehead atoms. The van der Waals surface area contributed by atoms with E-state index in [1.54, 1.807) is 6.08 Å². The van der Waals surface area contributed by atoms with Crippen LogP contribution >= 0.6 is 0 Å². The van der Waals surface area contributed by atoms with Gasteiger partial charge in [-0.3, -0.25) is 4.90 Å². The van der Waals surface area contributed by atoms with Crippen molar-refractivity contribution in [1.82, 2.24) is 9.80 Å². The summed E-state index contributed by atoms with van der Waals surface area (Å²) in [6.07, 6.45) is 3.79. The van der Waals surface area contributed by atoms with E-state index in [4.69, 9.17) is 0 Å². The average molecular weight is 246 g/mol. The molecule has 17 heavy (non-hydrogen) atoms. The largest absolute Gasteiger partial charge is 0.303 e. The molecular weight excluding hydrogens is 222 g/mol. The highest BCUT2D eigenvalue weighted by atomic mass is 19.3. The maximum absolute atomic E-state index is 12.4. The van der Waals surface area contributed by atoms with Crippen molar-refractivity contribution in [2.45, 2.75) is 38.2 Å². The van der Waals surface area contributed by atoms with Crippen molar-refractivity contribution < 1.29 is 8.78 Å². The molecule has 0 N–H and O–H groups in total. The molecule has 0 aromatic heterocycles. The van der Waals surface area contributed by atoms with Gasteiger partial charge in [-0.1, -0.05) is 6.08 Å². The van der Waals surface area contributed by atoms with Crippen molar-refractivity contribution >= 4 is 0 Å². The molecule has 1 atom stereocenters. The summed E-state index contributed by atoms with van der Waals surface area (Å²) >= 11 is 0. The van der Waals surface area contributed by atoms with Gasteiger partial charge in [0.1, 0.15) is 0 Å². The van der Waals surface area contributed by atoms with Gasteiger partial charge in [0.25, 0.3) is 6.43 Å². The molecule has 0 aliphatic carbocycles. The minimum absolute atomic E-state index is 0.107. The first-order valence-corrected chi connectivity index (χ1v) is 6.45. The summed E-state index contributed by atoms with van der Waals surface area (Å²) in [7, 11) is 2.12. The Hall–Kier alpha value is -0.480. The molecular formula is C13H24F2N2. The van der Waals surface area contributed by atoms with E-state index in [2.05, 4.69) is 18.5 Å². The van der Waals surface area contributed by atoms with Crippen LogP contribution in [-0.4, -0.2) is 55.5 Å². The lowest BCUT2D eigenvalue weighted by Crippen LogP contribution is -2.35. The molecule has 0 aromatic rings. The van der Waals surface area contributed by atoms with E-state index in [-0.39, 0.29) is 6.54 Å². The topological polar surface area (TPSA) is 6.48 Å². The van der Waals surface area contributed by atoms with Crippen LogP contribution in [0.25, 0.3) is 0 Å². The van der Waals surface area contributed by atoms with Crippen molar-refractivity contribution in [1.29, 1.82) is 0 Å². The van der Waals surface area contributed by atoms with Crippen LogP contribution in [0.15, 0.2) is 12.7 Å². The highest BCUT2D eigenvalue weighted by Gasteiger charge is 2.21. The molecule has 1 heterocycles. The number of alkyl halides is 2. The van der Waals surface area contributed by atoms with Gasteiger partial charge in [-0.2, -0.15) is 0 Å². The maximum Gasteiger partial charge on any atom is 0.251 e. The van der Waals surface area contributed by atoms with Crippen LogP contribution < -0.4 is 0 Å². The quantitative estimate of drug-likeness (QED) is 0.607. The second-order valence-corrected chi connectivity index (χ2v) is 4.83. The first kappa shape index (κ1) is 14.6. The molecule has 0 saturated carbocycles. The number of likely N-dealkylation sites (tertiary alicyclic amines) is 1. The molecule has 2 nitrogen and oxygen atoms in total. The van der Waals surface area contributed by atoms with Gasteiger partial charge in [-0.25, -0.2) is 8.78 Å². The molecule has 1 fully saturated rings. The van der Waals surface area contributed by atoms with Crippen LogP contribution in [0, 0.1) is 0 Å². The van der Waals surface area contributed by atoms with Crippen LogP contribution in [-0.2, 0) is 0 Å². The number of halogens is 2. The lowest BCUT2D eigenvalue weighted by molar-refractivity contribution is 0.0847. The van der Waals surface area contributed by atoms with Gasteiger partial charge < -0.3 is 4.90 Å². The third-order valence-corrected chi connectivity index (χ3v) is 3.50. The van der Waals surface area contributed by atoms with Crippen LogP contribution in [0.4, 0.5) is 8.78 Å². The van der Waals surface area contributed by atoms with E-state index < -0.39 is 6.43 Å². The summed E-state index contributed by atoms with van der Waals surface area (Å²) in [5, 5.41) is 0. The predicted molar refractivity (Wildman–Crippen MR) is 67.5 cm³/mol. The van der Waals surface area contributed by atoms with Gasteiger partial charge >= 0.3 is 0 Å². The molecule has 0 amide bonds. The van der Waals surface area contributed by atoms with Crippen molar-refractivity contribution in [3.05, 3.63) is 12.7 Å². The SMILES string of the molecule is C=CCCN(CC[C@H]1CCCN1C)CC(F)F. The number of hydrogen-bond acceptors (Lipinski definition) is 2. The van der Waals surface area contributed by atoms with Gasteiger partial charge in [0.2, 0.25) is 0 Å². The van der Waals surface area contributed by atoms with Gasteiger partial charge in [0.15, 0.2) is 0 Å². The van der Waals surface area contributed by atoms with Crippen LogP contribution in [0.2, 0.25) is 0 Å². The summed E-state index contributed by atoms with van der Waals surface area (Å²) in [5.41, 5.74) is 0. The molecule has 1 rings (SSSR count). The van der Waals surface area contributed by atoms with E-state index in [1.165, 1.54) is 12.8 Å². The fraction of sp³-hybridized carbons (Fsp3) is 0.846. The van der Waals surface area contributed by atoms with Crippen molar-refractivity contribution in [3.8, 4) is 0 Å². The summed E-state index contributed by atoms with van der Waals surface area (Å²) < 4.78 is 24.8. The fourth-order valence-corrected chi connectivity index (χ4v) is 2.44. The highest BCUT2D eigenvalue weighted by Crippen LogP contribution is 2.18. The predicted octanol–water partition coefficient (Wildman–Crippen LogP) is 2.61. The lowest BCUT2D eigenvalue weighted by Gasteiger charge is -2.25. The van der Waals surface area contributed by atoms with Crippen LogP contribution in [0.5, 0.6) is 0 Å². The summed E-state index contributed by atoms with van der Waals surface area (Å²) in [4.78, 5) is 4.20. The van der Waals surface area contributed by atoms with E-state index in [0.717, 1.165) is 25.9 Å². The molecule has 0 radical (unpaired) electrons. The van der Waals surface area contributed by atoms with Gasteiger partial charge in [0.05, 0.1) is 6.54 Å². The van der Waals surface area contributed by atoms with Crippen molar-refractivity contribution in [2.24, 2.45) is 0 Å². The Labute approximate surface area is 103 Å². The maximum atomic E-state index is 12.4. The normalized spacial score (nSPS) is 21.6. The van der Waals surface area contributed by atoms with E-state index in [9.17, 15) is 8.78 Å². The smallest absolute Gasteiger partial charge is 0.251 e. The van der Waals surface area contributed by atoms with Crippen molar-refractivity contribution in [2.75, 3.05) is 33.2 Å². The van der Waals surface area contributed by atoms with E-state index in [0.29, 0.717) is 12.6 Å². The molecule has 1 saturated heterocycles. The Balaban J connectivity index is 2.28. The minimum Gasteiger partial charge on any atom is -0.303 e. The average Bonchev–Trinajstić information content (AvgIpc) is 2.67. The van der Waals surface area contributed by atoms with Gasteiger partial charge in [-0.15, -0.1) is 6.58 Å². The third-order valence-electron chi connectivity index (χ3n) is 3.50. The van der Waals surface area contributed by atoms with E-state index >= 15 is 0 Å². The Bertz CT molecular complexity index is 221. The fourth-order valence-electron chi connectivity index (χ4n) is 2.44. The first-order chi connectivity index (χ1) is 8.13. The molecule has 100 valence electrons.